The van der Waals surface area contributed by atoms with Gasteiger partial charge in [0, 0.05) is 18.5 Å². The van der Waals surface area contributed by atoms with E-state index in [0.29, 0.717) is 17.4 Å². The summed E-state index contributed by atoms with van der Waals surface area (Å²) < 4.78 is 0. The van der Waals surface area contributed by atoms with Crippen LogP contribution in [-0.4, -0.2) is 30.9 Å². The Labute approximate surface area is 119 Å². The van der Waals surface area contributed by atoms with Crippen molar-refractivity contribution in [3.05, 3.63) is 34.9 Å². The van der Waals surface area contributed by atoms with E-state index in [0.717, 1.165) is 25.1 Å². The van der Waals surface area contributed by atoms with E-state index in [9.17, 15) is 4.79 Å². The average Bonchev–Trinajstić information content (AvgIpc) is 2.89. The van der Waals surface area contributed by atoms with Gasteiger partial charge in [0.1, 0.15) is 0 Å². The third-order valence-corrected chi connectivity index (χ3v) is 4.17. The van der Waals surface area contributed by atoms with Crippen LogP contribution in [0.25, 0.3) is 0 Å². The van der Waals surface area contributed by atoms with Gasteiger partial charge in [0.2, 0.25) is 5.91 Å². The minimum atomic E-state index is 0.0561. The van der Waals surface area contributed by atoms with Crippen LogP contribution in [-0.2, 0) is 4.79 Å². The molecular weight excluding hydrogens is 260 g/mol. The number of carbonyl (C=O) groups is 1. The lowest BCUT2D eigenvalue weighted by Gasteiger charge is -2.26. The van der Waals surface area contributed by atoms with E-state index in [1.165, 1.54) is 0 Å². The van der Waals surface area contributed by atoms with Crippen LogP contribution in [0.3, 0.4) is 0 Å². The Bertz CT molecular complexity index is 444. The van der Waals surface area contributed by atoms with Crippen molar-refractivity contribution in [2.75, 3.05) is 20.1 Å². The first kappa shape index (κ1) is 14.4. The van der Waals surface area contributed by atoms with Crippen molar-refractivity contribution < 1.29 is 4.79 Å². The number of halogens is 1. The average molecular weight is 281 g/mol. The Balaban J connectivity index is 1.97. The maximum atomic E-state index is 12.3. The maximum Gasteiger partial charge on any atom is 0.223 e. The van der Waals surface area contributed by atoms with Crippen LogP contribution in [0.15, 0.2) is 24.3 Å². The molecule has 0 radical (unpaired) electrons. The standard InChI is InChI=1S/C15H21ClN2O/c1-11(13-4-3-5-14(16)9-13)18(2)15(19)8-12-6-7-17-10-12/h3-5,9,11-12,17H,6-8,10H2,1-2H3. The SMILES string of the molecule is CC(c1cccc(Cl)c1)N(C)C(=O)CC1CCNC1. The van der Waals surface area contributed by atoms with Gasteiger partial charge in [-0.15, -0.1) is 0 Å². The van der Waals surface area contributed by atoms with Gasteiger partial charge in [-0.05, 0) is 50.0 Å². The highest BCUT2D eigenvalue weighted by atomic mass is 35.5. The molecule has 1 aliphatic rings. The molecule has 1 heterocycles. The summed E-state index contributed by atoms with van der Waals surface area (Å²) in [5.41, 5.74) is 1.08. The normalized spacial score (nSPS) is 20.3. The van der Waals surface area contributed by atoms with Gasteiger partial charge in [-0.1, -0.05) is 23.7 Å². The number of hydrogen-bond donors (Lipinski definition) is 1. The number of hydrogen-bond acceptors (Lipinski definition) is 2. The van der Waals surface area contributed by atoms with Crippen LogP contribution in [0.5, 0.6) is 0 Å². The highest BCUT2D eigenvalue weighted by Gasteiger charge is 2.23. The van der Waals surface area contributed by atoms with Crippen LogP contribution < -0.4 is 5.32 Å². The van der Waals surface area contributed by atoms with E-state index in [2.05, 4.69) is 5.32 Å². The summed E-state index contributed by atoms with van der Waals surface area (Å²) >= 11 is 6.00. The number of carbonyl (C=O) groups excluding carboxylic acids is 1. The molecular formula is C15H21ClN2O. The van der Waals surface area contributed by atoms with Gasteiger partial charge in [-0.25, -0.2) is 0 Å². The molecule has 3 nitrogen and oxygen atoms in total. The lowest BCUT2D eigenvalue weighted by atomic mass is 10.0. The van der Waals surface area contributed by atoms with E-state index >= 15 is 0 Å². The predicted molar refractivity (Wildman–Crippen MR) is 78.2 cm³/mol. The van der Waals surface area contributed by atoms with Crippen LogP contribution in [0.4, 0.5) is 0 Å². The minimum Gasteiger partial charge on any atom is -0.339 e. The summed E-state index contributed by atoms with van der Waals surface area (Å²) in [6, 6.07) is 7.77. The van der Waals surface area contributed by atoms with Crippen molar-refractivity contribution in [1.82, 2.24) is 10.2 Å². The molecule has 1 fully saturated rings. The predicted octanol–water partition coefficient (Wildman–Crippen LogP) is 2.86. The first-order valence-electron chi connectivity index (χ1n) is 6.79. The largest absolute Gasteiger partial charge is 0.339 e. The second-order valence-electron chi connectivity index (χ2n) is 5.30. The molecule has 19 heavy (non-hydrogen) atoms. The van der Waals surface area contributed by atoms with E-state index in [4.69, 9.17) is 11.6 Å². The molecule has 4 heteroatoms. The van der Waals surface area contributed by atoms with Crippen LogP contribution in [0.1, 0.15) is 31.4 Å². The lowest BCUT2D eigenvalue weighted by molar-refractivity contribution is -0.132. The molecule has 2 rings (SSSR count). The molecule has 2 atom stereocenters. The molecule has 1 saturated heterocycles. The topological polar surface area (TPSA) is 32.3 Å². The molecule has 0 aromatic heterocycles. The van der Waals surface area contributed by atoms with Gasteiger partial charge in [0.15, 0.2) is 0 Å². The second kappa shape index (κ2) is 6.40. The van der Waals surface area contributed by atoms with E-state index in [1.54, 1.807) is 0 Å². The Morgan fingerprint density at radius 3 is 3.00 bits per heavy atom. The van der Waals surface area contributed by atoms with Gasteiger partial charge in [-0.2, -0.15) is 0 Å². The fourth-order valence-corrected chi connectivity index (χ4v) is 2.68. The van der Waals surface area contributed by atoms with E-state index in [-0.39, 0.29) is 11.9 Å². The highest BCUT2D eigenvalue weighted by molar-refractivity contribution is 6.30. The molecule has 0 aliphatic carbocycles. The van der Waals surface area contributed by atoms with E-state index < -0.39 is 0 Å². The maximum absolute atomic E-state index is 12.3. The molecule has 104 valence electrons. The summed E-state index contributed by atoms with van der Waals surface area (Å²) in [7, 11) is 1.87. The van der Waals surface area contributed by atoms with Gasteiger partial charge >= 0.3 is 0 Å². The van der Waals surface area contributed by atoms with Crippen molar-refractivity contribution in [2.24, 2.45) is 5.92 Å². The molecule has 1 aromatic rings. The highest BCUT2D eigenvalue weighted by Crippen LogP contribution is 2.23. The number of nitrogens with zero attached hydrogens (tertiary/aromatic N) is 1. The fraction of sp³-hybridized carbons (Fsp3) is 0.533. The van der Waals surface area contributed by atoms with Gasteiger partial charge in [0.05, 0.1) is 6.04 Å². The molecule has 1 N–H and O–H groups in total. The van der Waals surface area contributed by atoms with Gasteiger partial charge in [0.25, 0.3) is 0 Å². The smallest absolute Gasteiger partial charge is 0.223 e. The van der Waals surface area contributed by atoms with Crippen LogP contribution in [0.2, 0.25) is 5.02 Å². The van der Waals surface area contributed by atoms with Crippen molar-refractivity contribution >= 4 is 17.5 Å². The number of nitrogens with one attached hydrogen (secondary N) is 1. The second-order valence-corrected chi connectivity index (χ2v) is 5.74. The van der Waals surface area contributed by atoms with Crippen molar-refractivity contribution in [3.8, 4) is 0 Å². The van der Waals surface area contributed by atoms with Crippen molar-refractivity contribution in [2.45, 2.75) is 25.8 Å². The number of benzene rings is 1. The Morgan fingerprint density at radius 1 is 1.58 bits per heavy atom. The summed E-state index contributed by atoms with van der Waals surface area (Å²) in [5, 5.41) is 4.01. The summed E-state index contributed by atoms with van der Waals surface area (Å²) in [6.45, 7) is 4.03. The summed E-state index contributed by atoms with van der Waals surface area (Å²) in [4.78, 5) is 14.1. The minimum absolute atomic E-state index is 0.0561. The zero-order chi connectivity index (χ0) is 13.8. The zero-order valence-electron chi connectivity index (χ0n) is 11.5. The molecule has 1 amide bonds. The molecule has 0 spiro atoms. The number of rotatable bonds is 4. The number of amides is 1. The first-order valence-corrected chi connectivity index (χ1v) is 7.17. The molecule has 1 aromatic carbocycles. The summed E-state index contributed by atoms with van der Waals surface area (Å²) in [6.07, 6.45) is 1.74. The summed E-state index contributed by atoms with van der Waals surface area (Å²) in [5.74, 6) is 0.697. The fourth-order valence-electron chi connectivity index (χ4n) is 2.49. The zero-order valence-corrected chi connectivity index (χ0v) is 12.3. The van der Waals surface area contributed by atoms with Gasteiger partial charge in [-0.3, -0.25) is 4.79 Å². The Kier molecular flexibility index (Phi) is 4.83. The van der Waals surface area contributed by atoms with Crippen LogP contribution in [0, 0.1) is 5.92 Å². The van der Waals surface area contributed by atoms with E-state index in [1.807, 2.05) is 43.1 Å². The van der Waals surface area contributed by atoms with Crippen molar-refractivity contribution in [3.63, 3.8) is 0 Å². The monoisotopic (exact) mass is 280 g/mol. The molecule has 1 aliphatic heterocycles. The quantitative estimate of drug-likeness (QED) is 0.920. The lowest BCUT2D eigenvalue weighted by Crippen LogP contribution is -2.31. The van der Waals surface area contributed by atoms with Crippen LogP contribution >= 0.6 is 11.6 Å². The molecule has 0 saturated carbocycles. The molecule has 0 bridgehead atoms. The molecule has 2 unspecified atom stereocenters. The third-order valence-electron chi connectivity index (χ3n) is 3.93. The Hall–Kier alpha value is -1.06. The first-order chi connectivity index (χ1) is 9.08. The third kappa shape index (κ3) is 3.71. The van der Waals surface area contributed by atoms with Crippen molar-refractivity contribution in [1.29, 1.82) is 0 Å². The van der Waals surface area contributed by atoms with Gasteiger partial charge < -0.3 is 10.2 Å². The Morgan fingerprint density at radius 2 is 2.37 bits per heavy atom.